The summed E-state index contributed by atoms with van der Waals surface area (Å²) < 4.78 is 33.4. The van der Waals surface area contributed by atoms with Crippen LogP contribution in [0.3, 0.4) is 0 Å². The molecule has 6 nitrogen and oxygen atoms in total. The van der Waals surface area contributed by atoms with Gasteiger partial charge in [0.05, 0.1) is 18.1 Å². The minimum Gasteiger partial charge on any atom is -0.378 e. The number of sulfonamides is 1. The van der Waals surface area contributed by atoms with Gasteiger partial charge in [0.1, 0.15) is 5.70 Å². The van der Waals surface area contributed by atoms with Crippen molar-refractivity contribution in [2.75, 3.05) is 26.3 Å². The van der Waals surface area contributed by atoms with E-state index >= 15 is 0 Å². The first-order chi connectivity index (χ1) is 13.0. The number of aryl methyl sites for hydroxylation is 1. The van der Waals surface area contributed by atoms with Gasteiger partial charge < -0.3 is 9.64 Å². The molecule has 2 aromatic rings. The Hall–Kier alpha value is -2.64. The lowest BCUT2D eigenvalue weighted by Gasteiger charge is -2.26. The largest absolute Gasteiger partial charge is 0.378 e. The summed E-state index contributed by atoms with van der Waals surface area (Å²) in [5.41, 5.74) is 1.39. The summed E-state index contributed by atoms with van der Waals surface area (Å²) in [6, 6.07) is 15.1. The molecule has 1 saturated heterocycles. The van der Waals surface area contributed by atoms with E-state index in [1.54, 1.807) is 48.7 Å². The number of allylic oxidation sites excluding steroid dienone is 1. The number of morpholine rings is 1. The van der Waals surface area contributed by atoms with Crippen LogP contribution in [0.15, 0.2) is 71.4 Å². The van der Waals surface area contributed by atoms with Gasteiger partial charge in [-0.2, -0.15) is 0 Å². The number of Topliss-reactive ketones (excluding diaryl/α,β-unsaturated/α-hetero) is 1. The number of carbonyl (C=O) groups is 1. The average Bonchev–Trinajstić information content (AvgIpc) is 2.68. The van der Waals surface area contributed by atoms with Crippen LogP contribution in [-0.4, -0.2) is 45.4 Å². The predicted octanol–water partition coefficient (Wildman–Crippen LogP) is 2.33. The van der Waals surface area contributed by atoms with Gasteiger partial charge in [-0.25, -0.2) is 8.42 Å². The van der Waals surface area contributed by atoms with E-state index in [9.17, 15) is 13.2 Å². The number of carbonyl (C=O) groups excluding carboxylic acids is 1. The van der Waals surface area contributed by atoms with E-state index < -0.39 is 10.0 Å². The number of ketones is 1. The molecule has 1 N–H and O–H groups in total. The minimum atomic E-state index is -3.88. The third-order valence-electron chi connectivity index (χ3n) is 4.21. The van der Waals surface area contributed by atoms with Crippen molar-refractivity contribution in [1.82, 2.24) is 9.62 Å². The van der Waals surface area contributed by atoms with E-state index in [0.29, 0.717) is 31.9 Å². The average molecular weight is 386 g/mol. The molecule has 0 spiro atoms. The highest BCUT2D eigenvalue weighted by atomic mass is 32.2. The topological polar surface area (TPSA) is 75.7 Å². The van der Waals surface area contributed by atoms with Crippen LogP contribution in [0.1, 0.15) is 15.9 Å². The van der Waals surface area contributed by atoms with E-state index in [4.69, 9.17) is 4.74 Å². The minimum absolute atomic E-state index is 0.0173. The Labute approximate surface area is 159 Å². The smallest absolute Gasteiger partial charge is 0.262 e. The van der Waals surface area contributed by atoms with Crippen LogP contribution in [0.25, 0.3) is 0 Å². The predicted molar refractivity (Wildman–Crippen MR) is 103 cm³/mol. The lowest BCUT2D eigenvalue weighted by Crippen LogP contribution is -2.35. The van der Waals surface area contributed by atoms with E-state index in [-0.39, 0.29) is 16.4 Å². The van der Waals surface area contributed by atoms with Gasteiger partial charge >= 0.3 is 0 Å². The SMILES string of the molecule is Cc1ccc(S(=O)(=O)N/C(=C\N2CCOCC2)C(=O)c2ccccc2)cc1. The van der Waals surface area contributed by atoms with Gasteiger partial charge in [0.2, 0.25) is 5.78 Å². The van der Waals surface area contributed by atoms with Crippen LogP contribution >= 0.6 is 0 Å². The maximum Gasteiger partial charge on any atom is 0.262 e. The molecule has 0 bridgehead atoms. The van der Waals surface area contributed by atoms with Crippen LogP contribution < -0.4 is 4.72 Å². The molecule has 0 saturated carbocycles. The molecule has 142 valence electrons. The van der Waals surface area contributed by atoms with Crippen LogP contribution in [-0.2, 0) is 14.8 Å². The molecule has 0 aromatic heterocycles. The summed E-state index contributed by atoms with van der Waals surface area (Å²) in [7, 11) is -3.88. The lowest BCUT2D eigenvalue weighted by atomic mass is 10.1. The van der Waals surface area contributed by atoms with Gasteiger partial charge in [0.25, 0.3) is 10.0 Å². The van der Waals surface area contributed by atoms with Crippen molar-refractivity contribution in [3.05, 3.63) is 77.6 Å². The highest BCUT2D eigenvalue weighted by Gasteiger charge is 2.22. The van der Waals surface area contributed by atoms with Crippen molar-refractivity contribution in [1.29, 1.82) is 0 Å². The van der Waals surface area contributed by atoms with Crippen LogP contribution in [0.2, 0.25) is 0 Å². The molecule has 3 rings (SSSR count). The Balaban J connectivity index is 1.92. The summed E-state index contributed by atoms with van der Waals surface area (Å²) in [5.74, 6) is -0.377. The fraction of sp³-hybridized carbons (Fsp3) is 0.250. The first-order valence-corrected chi connectivity index (χ1v) is 10.2. The van der Waals surface area contributed by atoms with Gasteiger partial charge in [-0.05, 0) is 19.1 Å². The number of nitrogens with zero attached hydrogens (tertiary/aromatic N) is 1. The van der Waals surface area contributed by atoms with Crippen molar-refractivity contribution in [2.24, 2.45) is 0 Å². The fourth-order valence-corrected chi connectivity index (χ4v) is 3.73. The number of ether oxygens (including phenoxy) is 1. The Bertz CT molecular complexity index is 916. The zero-order valence-corrected chi connectivity index (χ0v) is 15.9. The number of nitrogens with one attached hydrogen (secondary N) is 1. The van der Waals surface area contributed by atoms with Gasteiger partial charge in [-0.3, -0.25) is 9.52 Å². The van der Waals surface area contributed by atoms with E-state index in [1.165, 1.54) is 12.1 Å². The molecule has 2 aromatic carbocycles. The van der Waals surface area contributed by atoms with Crippen molar-refractivity contribution in [3.63, 3.8) is 0 Å². The number of rotatable bonds is 6. The monoisotopic (exact) mass is 386 g/mol. The molecular formula is C20H22N2O4S. The lowest BCUT2D eigenvalue weighted by molar-refractivity contribution is 0.0586. The molecule has 7 heteroatoms. The van der Waals surface area contributed by atoms with Gasteiger partial charge in [-0.15, -0.1) is 0 Å². The summed E-state index contributed by atoms with van der Waals surface area (Å²) in [5, 5.41) is 0. The maximum atomic E-state index is 12.9. The molecule has 1 fully saturated rings. The Morgan fingerprint density at radius 1 is 1.04 bits per heavy atom. The third-order valence-corrected chi connectivity index (χ3v) is 5.59. The molecule has 0 radical (unpaired) electrons. The molecule has 0 atom stereocenters. The van der Waals surface area contributed by atoms with Crippen molar-refractivity contribution < 1.29 is 17.9 Å². The van der Waals surface area contributed by atoms with Crippen molar-refractivity contribution in [3.8, 4) is 0 Å². The number of hydrogen-bond acceptors (Lipinski definition) is 5. The first kappa shape index (κ1) is 19.1. The van der Waals surface area contributed by atoms with E-state index in [1.807, 2.05) is 11.8 Å². The van der Waals surface area contributed by atoms with Gasteiger partial charge in [-0.1, -0.05) is 48.0 Å². The molecule has 1 heterocycles. The van der Waals surface area contributed by atoms with Crippen LogP contribution in [0.5, 0.6) is 0 Å². The molecule has 0 aliphatic carbocycles. The quantitative estimate of drug-likeness (QED) is 0.609. The molecule has 0 unspecified atom stereocenters. The summed E-state index contributed by atoms with van der Waals surface area (Å²) in [6.45, 7) is 4.14. The van der Waals surface area contributed by atoms with E-state index in [2.05, 4.69) is 4.72 Å². The standard InChI is InChI=1S/C20H22N2O4S/c1-16-7-9-18(10-8-16)27(24,25)21-19(15-22-11-13-26-14-12-22)20(23)17-5-3-2-4-6-17/h2-10,15,21H,11-14H2,1H3/b19-15-. The molecule has 1 aliphatic heterocycles. The number of benzene rings is 2. The summed E-state index contributed by atoms with van der Waals surface area (Å²) in [4.78, 5) is 14.9. The zero-order chi connectivity index (χ0) is 19.3. The second kappa shape index (κ2) is 8.37. The highest BCUT2D eigenvalue weighted by Crippen LogP contribution is 2.15. The van der Waals surface area contributed by atoms with Crippen molar-refractivity contribution >= 4 is 15.8 Å². The van der Waals surface area contributed by atoms with Crippen molar-refractivity contribution in [2.45, 2.75) is 11.8 Å². The fourth-order valence-electron chi connectivity index (χ4n) is 2.69. The molecule has 1 aliphatic rings. The zero-order valence-electron chi connectivity index (χ0n) is 15.1. The second-order valence-electron chi connectivity index (χ2n) is 6.30. The van der Waals surface area contributed by atoms with Crippen LogP contribution in [0, 0.1) is 6.92 Å². The van der Waals surface area contributed by atoms with Gasteiger partial charge in [0, 0.05) is 24.9 Å². The molecular weight excluding hydrogens is 364 g/mol. The Morgan fingerprint density at radius 3 is 2.30 bits per heavy atom. The summed E-state index contributed by atoms with van der Waals surface area (Å²) >= 11 is 0. The summed E-state index contributed by atoms with van der Waals surface area (Å²) in [6.07, 6.45) is 1.57. The first-order valence-electron chi connectivity index (χ1n) is 8.68. The Kier molecular flexibility index (Phi) is 5.93. The van der Waals surface area contributed by atoms with Gasteiger partial charge in [0.15, 0.2) is 0 Å². The third kappa shape index (κ3) is 4.96. The molecule has 27 heavy (non-hydrogen) atoms. The second-order valence-corrected chi connectivity index (χ2v) is 7.99. The van der Waals surface area contributed by atoms with Crippen LogP contribution in [0.4, 0.5) is 0 Å². The van der Waals surface area contributed by atoms with E-state index in [0.717, 1.165) is 5.56 Å². The Morgan fingerprint density at radius 2 is 1.67 bits per heavy atom. The number of hydrogen-bond donors (Lipinski definition) is 1. The highest BCUT2D eigenvalue weighted by molar-refractivity contribution is 7.89. The maximum absolute atomic E-state index is 12.9. The molecule has 0 amide bonds. The normalized spacial score (nSPS) is 15.4.